The van der Waals surface area contributed by atoms with Crippen LogP contribution in [0.15, 0.2) is 18.2 Å². The summed E-state index contributed by atoms with van der Waals surface area (Å²) in [6.45, 7) is 10.9. The average molecular weight is 405 g/mol. The Labute approximate surface area is 172 Å². The minimum atomic E-state index is -0.759. The number of carbonyl (C=O) groups excluding carboxylic acids is 1. The van der Waals surface area contributed by atoms with Gasteiger partial charge in [-0.15, -0.1) is 0 Å². The number of hydrogen-bond acceptors (Lipinski definition) is 7. The van der Waals surface area contributed by atoms with Gasteiger partial charge in [-0.05, 0) is 59.2 Å². The normalized spacial score (nSPS) is 30.4. The van der Waals surface area contributed by atoms with Crippen molar-refractivity contribution in [1.82, 2.24) is 5.32 Å². The second kappa shape index (κ2) is 7.45. The van der Waals surface area contributed by atoms with E-state index in [0.717, 1.165) is 25.3 Å². The fourth-order valence-corrected chi connectivity index (χ4v) is 4.27. The Morgan fingerprint density at radius 1 is 1.17 bits per heavy atom. The van der Waals surface area contributed by atoms with Gasteiger partial charge in [0.05, 0.1) is 0 Å². The lowest BCUT2D eigenvalue weighted by Gasteiger charge is -2.26. The summed E-state index contributed by atoms with van der Waals surface area (Å²) >= 11 is 0. The molecule has 0 unspecified atom stereocenters. The van der Waals surface area contributed by atoms with Crippen LogP contribution in [0.4, 0.5) is 4.79 Å². The van der Waals surface area contributed by atoms with E-state index in [9.17, 15) is 4.79 Å². The molecule has 0 bridgehead atoms. The van der Waals surface area contributed by atoms with E-state index in [2.05, 4.69) is 11.4 Å². The molecule has 1 saturated heterocycles. The fraction of sp³-hybridized carbons (Fsp3) is 0.682. The van der Waals surface area contributed by atoms with Crippen molar-refractivity contribution in [3.63, 3.8) is 0 Å². The second-order valence-electron chi connectivity index (χ2n) is 9.40. The number of rotatable bonds is 3. The van der Waals surface area contributed by atoms with Crippen molar-refractivity contribution in [1.29, 1.82) is 0 Å². The van der Waals surface area contributed by atoms with Crippen molar-refractivity contribution in [2.75, 3.05) is 6.54 Å². The van der Waals surface area contributed by atoms with Gasteiger partial charge in [-0.1, -0.05) is 12.1 Å². The van der Waals surface area contributed by atoms with Crippen molar-refractivity contribution in [2.24, 2.45) is 0 Å². The lowest BCUT2D eigenvalue weighted by atomic mass is 10.0. The monoisotopic (exact) mass is 405 g/mol. The van der Waals surface area contributed by atoms with Crippen LogP contribution in [-0.4, -0.2) is 48.5 Å². The van der Waals surface area contributed by atoms with Crippen molar-refractivity contribution in [3.8, 4) is 5.75 Å². The highest BCUT2D eigenvalue weighted by molar-refractivity contribution is 5.61. The molecule has 3 aliphatic rings. The van der Waals surface area contributed by atoms with Crippen LogP contribution in [0.2, 0.25) is 0 Å². The van der Waals surface area contributed by atoms with E-state index in [-0.39, 0.29) is 18.3 Å². The van der Waals surface area contributed by atoms with E-state index < -0.39 is 23.6 Å². The van der Waals surface area contributed by atoms with Crippen molar-refractivity contribution in [2.45, 2.75) is 89.8 Å². The quantitative estimate of drug-likeness (QED) is 0.773. The summed E-state index contributed by atoms with van der Waals surface area (Å²) in [6, 6.07) is 6.16. The molecule has 2 aliphatic heterocycles. The average Bonchev–Trinajstić information content (AvgIpc) is 3.08. The smallest absolute Gasteiger partial charge is 0.487 e. The zero-order valence-corrected chi connectivity index (χ0v) is 17.8. The Morgan fingerprint density at radius 2 is 1.90 bits per heavy atom. The standard InChI is InChI=1S/C22H31NO6/c1-21(2,3)29-20(24)26-17-11-16(18-19(17)28-22(4,5)27-18)25-15-8-6-7-13-9-10-23-12-14(13)15/h6-8,16-19,23H,9-12H2,1-5H3/t16-,17+,18+,19-/m0/s1. The van der Waals surface area contributed by atoms with Crippen molar-refractivity contribution >= 4 is 6.16 Å². The second-order valence-corrected chi connectivity index (χ2v) is 9.40. The topological polar surface area (TPSA) is 75.3 Å². The summed E-state index contributed by atoms with van der Waals surface area (Å²) in [7, 11) is 0. The van der Waals surface area contributed by atoms with Crippen LogP contribution in [0, 0.1) is 0 Å². The maximum Gasteiger partial charge on any atom is 0.509 e. The summed E-state index contributed by atoms with van der Waals surface area (Å²) < 4.78 is 29.5. The molecule has 1 aromatic rings. The third-order valence-electron chi connectivity index (χ3n) is 5.38. The third-order valence-corrected chi connectivity index (χ3v) is 5.38. The molecule has 7 heteroatoms. The molecular weight excluding hydrogens is 374 g/mol. The maximum absolute atomic E-state index is 12.2. The first-order chi connectivity index (χ1) is 13.6. The SMILES string of the molecule is CC(C)(C)OC(=O)O[C@@H]1C[C@H](Oc2cccc3c2CNCC3)[C@H]2OC(C)(C)O[C@H]21. The number of benzene rings is 1. The number of hydrogen-bond donors (Lipinski definition) is 1. The zero-order chi connectivity index (χ0) is 20.8. The van der Waals surface area contributed by atoms with E-state index >= 15 is 0 Å². The molecule has 0 aromatic heterocycles. The van der Waals surface area contributed by atoms with E-state index in [1.54, 1.807) is 0 Å². The minimum Gasteiger partial charge on any atom is -0.487 e. The van der Waals surface area contributed by atoms with Crippen molar-refractivity contribution < 1.29 is 28.5 Å². The van der Waals surface area contributed by atoms with Crippen LogP contribution in [0.25, 0.3) is 0 Å². The van der Waals surface area contributed by atoms with Gasteiger partial charge in [0.2, 0.25) is 0 Å². The first-order valence-corrected chi connectivity index (χ1v) is 10.3. The third kappa shape index (κ3) is 4.52. The molecule has 1 aliphatic carbocycles. The van der Waals surface area contributed by atoms with Gasteiger partial charge in [0, 0.05) is 18.5 Å². The van der Waals surface area contributed by atoms with Crippen LogP contribution in [0.1, 0.15) is 52.2 Å². The minimum absolute atomic E-state index is 0.275. The maximum atomic E-state index is 12.2. The largest absolute Gasteiger partial charge is 0.509 e. The van der Waals surface area contributed by atoms with Crippen LogP contribution in [0.5, 0.6) is 5.75 Å². The Balaban J connectivity index is 1.51. The Kier molecular flexibility index (Phi) is 5.25. The molecule has 160 valence electrons. The Morgan fingerprint density at radius 3 is 2.62 bits per heavy atom. The van der Waals surface area contributed by atoms with Crippen LogP contribution >= 0.6 is 0 Å². The molecule has 0 spiro atoms. The van der Waals surface area contributed by atoms with Gasteiger partial charge >= 0.3 is 6.16 Å². The molecular formula is C22H31NO6. The molecule has 0 amide bonds. The molecule has 29 heavy (non-hydrogen) atoms. The van der Waals surface area contributed by atoms with Gasteiger partial charge in [-0.25, -0.2) is 4.79 Å². The van der Waals surface area contributed by atoms with E-state index in [1.165, 1.54) is 11.1 Å². The number of fused-ring (bicyclic) bond motifs is 2. The summed E-state index contributed by atoms with van der Waals surface area (Å²) in [4.78, 5) is 12.2. The van der Waals surface area contributed by atoms with Gasteiger partial charge < -0.3 is 29.0 Å². The summed E-state index contributed by atoms with van der Waals surface area (Å²) in [5.74, 6) is 0.0922. The lowest BCUT2D eigenvalue weighted by Crippen LogP contribution is -2.35. The zero-order valence-electron chi connectivity index (χ0n) is 17.8. The van der Waals surface area contributed by atoms with Gasteiger partial charge in [0.1, 0.15) is 35.8 Å². The Bertz CT molecular complexity index is 771. The van der Waals surface area contributed by atoms with Crippen LogP contribution in [-0.2, 0) is 31.9 Å². The molecule has 1 aromatic carbocycles. The van der Waals surface area contributed by atoms with E-state index in [1.807, 2.05) is 46.8 Å². The number of nitrogens with one attached hydrogen (secondary N) is 1. The van der Waals surface area contributed by atoms with Crippen LogP contribution in [0.3, 0.4) is 0 Å². The van der Waals surface area contributed by atoms with Gasteiger partial charge in [-0.2, -0.15) is 0 Å². The molecule has 1 N–H and O–H groups in total. The molecule has 4 rings (SSSR count). The molecule has 2 fully saturated rings. The number of carbonyl (C=O) groups is 1. The summed E-state index contributed by atoms with van der Waals surface area (Å²) in [5, 5.41) is 3.40. The molecule has 1 saturated carbocycles. The van der Waals surface area contributed by atoms with Gasteiger partial charge in [-0.3, -0.25) is 0 Å². The highest BCUT2D eigenvalue weighted by atomic mass is 16.8. The lowest BCUT2D eigenvalue weighted by molar-refractivity contribution is -0.172. The Hall–Kier alpha value is -1.83. The van der Waals surface area contributed by atoms with E-state index in [4.69, 9.17) is 23.7 Å². The van der Waals surface area contributed by atoms with Gasteiger partial charge in [0.15, 0.2) is 5.79 Å². The highest BCUT2D eigenvalue weighted by Gasteiger charge is 2.57. The van der Waals surface area contributed by atoms with Crippen molar-refractivity contribution in [3.05, 3.63) is 29.3 Å². The predicted octanol–water partition coefficient (Wildman–Crippen LogP) is 3.32. The predicted molar refractivity (Wildman–Crippen MR) is 106 cm³/mol. The molecule has 4 atom stereocenters. The van der Waals surface area contributed by atoms with Crippen LogP contribution < -0.4 is 10.1 Å². The first kappa shape index (κ1) is 20.4. The van der Waals surface area contributed by atoms with E-state index in [0.29, 0.717) is 6.42 Å². The number of ether oxygens (including phenoxy) is 5. The summed E-state index contributed by atoms with van der Waals surface area (Å²) in [6.07, 6.45) is -0.689. The van der Waals surface area contributed by atoms with Gasteiger partial charge in [0.25, 0.3) is 0 Å². The fourth-order valence-electron chi connectivity index (χ4n) is 4.27. The summed E-state index contributed by atoms with van der Waals surface area (Å²) in [5.41, 5.74) is 1.87. The highest BCUT2D eigenvalue weighted by Crippen LogP contribution is 2.42. The molecule has 0 radical (unpaired) electrons. The molecule has 2 heterocycles. The first-order valence-electron chi connectivity index (χ1n) is 10.3. The molecule has 7 nitrogen and oxygen atoms in total.